The van der Waals surface area contributed by atoms with Crippen LogP contribution in [0.1, 0.15) is 39.0 Å². The fraction of sp³-hybridized carbons (Fsp3) is 0.889. The highest BCUT2D eigenvalue weighted by Crippen LogP contribution is 2.34. The van der Waals surface area contributed by atoms with Crippen LogP contribution in [-0.4, -0.2) is 17.3 Å². The van der Waals surface area contributed by atoms with Crippen LogP contribution in [0.25, 0.3) is 0 Å². The van der Waals surface area contributed by atoms with Gasteiger partial charge in [-0.3, -0.25) is 4.79 Å². The first-order valence-electron chi connectivity index (χ1n) is 4.66. The fourth-order valence-electron chi connectivity index (χ4n) is 1.66. The van der Waals surface area contributed by atoms with Crippen molar-refractivity contribution in [2.75, 3.05) is 6.54 Å². The molecule has 1 aliphatic rings. The van der Waals surface area contributed by atoms with Gasteiger partial charge in [-0.25, -0.2) is 0 Å². The molecule has 12 heavy (non-hydrogen) atoms. The summed E-state index contributed by atoms with van der Waals surface area (Å²) >= 11 is 6.19. The van der Waals surface area contributed by atoms with Crippen molar-refractivity contribution in [3.63, 3.8) is 0 Å². The van der Waals surface area contributed by atoms with Crippen LogP contribution >= 0.6 is 11.6 Å². The summed E-state index contributed by atoms with van der Waals surface area (Å²) in [6, 6.07) is 0. The monoisotopic (exact) mass is 189 g/mol. The number of halogens is 1. The van der Waals surface area contributed by atoms with Gasteiger partial charge in [0, 0.05) is 6.54 Å². The molecule has 0 radical (unpaired) electrons. The second-order valence-electron chi connectivity index (χ2n) is 3.39. The quantitative estimate of drug-likeness (QED) is 0.663. The molecule has 1 saturated carbocycles. The number of carbonyl (C=O) groups is 1. The normalized spacial score (nSPS) is 21.8. The van der Waals surface area contributed by atoms with Gasteiger partial charge in [-0.15, -0.1) is 11.6 Å². The minimum Gasteiger partial charge on any atom is -0.355 e. The molecule has 1 amide bonds. The molecule has 1 fully saturated rings. The van der Waals surface area contributed by atoms with Crippen LogP contribution in [0.5, 0.6) is 0 Å². The minimum atomic E-state index is -0.589. The molecule has 0 aromatic carbocycles. The van der Waals surface area contributed by atoms with Crippen LogP contribution in [0.15, 0.2) is 0 Å². The van der Waals surface area contributed by atoms with Crippen molar-refractivity contribution in [3.8, 4) is 0 Å². The van der Waals surface area contributed by atoms with E-state index in [4.69, 9.17) is 11.6 Å². The topological polar surface area (TPSA) is 29.1 Å². The van der Waals surface area contributed by atoms with Gasteiger partial charge in [0.15, 0.2) is 0 Å². The Morgan fingerprint density at radius 1 is 1.42 bits per heavy atom. The highest BCUT2D eigenvalue weighted by atomic mass is 35.5. The van der Waals surface area contributed by atoms with Crippen LogP contribution in [0.4, 0.5) is 0 Å². The van der Waals surface area contributed by atoms with Gasteiger partial charge in [-0.2, -0.15) is 0 Å². The summed E-state index contributed by atoms with van der Waals surface area (Å²) in [7, 11) is 0. The smallest absolute Gasteiger partial charge is 0.241 e. The molecule has 0 atom stereocenters. The van der Waals surface area contributed by atoms with Crippen molar-refractivity contribution in [2.24, 2.45) is 0 Å². The Morgan fingerprint density at radius 2 is 2.00 bits per heavy atom. The van der Waals surface area contributed by atoms with Gasteiger partial charge in [0.2, 0.25) is 5.91 Å². The molecule has 1 N–H and O–H groups in total. The zero-order valence-corrected chi connectivity index (χ0v) is 8.28. The first kappa shape index (κ1) is 9.85. The zero-order valence-electron chi connectivity index (χ0n) is 7.53. The highest BCUT2D eigenvalue weighted by Gasteiger charge is 2.36. The van der Waals surface area contributed by atoms with E-state index < -0.39 is 4.87 Å². The second-order valence-corrected chi connectivity index (χ2v) is 4.11. The molecule has 2 nitrogen and oxygen atoms in total. The summed E-state index contributed by atoms with van der Waals surface area (Å²) in [6.45, 7) is 2.59. The number of hydrogen-bond acceptors (Lipinski definition) is 1. The average Bonchev–Trinajstić information content (AvgIpc) is 2.06. The third-order valence-electron chi connectivity index (χ3n) is 2.39. The lowest BCUT2D eigenvalue weighted by Crippen LogP contribution is -2.43. The molecule has 0 saturated heterocycles. The van der Waals surface area contributed by atoms with Crippen molar-refractivity contribution in [3.05, 3.63) is 0 Å². The predicted octanol–water partition coefficient (Wildman–Crippen LogP) is 2.06. The van der Waals surface area contributed by atoms with E-state index in [0.29, 0.717) is 6.54 Å². The number of nitrogens with one attached hydrogen (secondary N) is 1. The highest BCUT2D eigenvalue weighted by molar-refractivity contribution is 6.34. The maximum atomic E-state index is 11.5. The lowest BCUT2D eigenvalue weighted by molar-refractivity contribution is -0.124. The van der Waals surface area contributed by atoms with E-state index in [9.17, 15) is 4.79 Å². The van der Waals surface area contributed by atoms with Crippen LogP contribution in [0.3, 0.4) is 0 Å². The Hall–Kier alpha value is -0.240. The molecule has 0 spiro atoms. The molecule has 0 aromatic heterocycles. The standard InChI is InChI=1S/C9H16ClNO/c1-2-11-8(12)9(10)6-4-3-5-7-9/h2-7H2,1H3,(H,11,12). The number of hydrogen-bond donors (Lipinski definition) is 1. The Kier molecular flexibility index (Phi) is 3.39. The van der Waals surface area contributed by atoms with Gasteiger partial charge in [-0.05, 0) is 19.8 Å². The molecular formula is C9H16ClNO. The molecule has 1 rings (SSSR count). The molecule has 0 heterocycles. The van der Waals surface area contributed by atoms with Gasteiger partial charge < -0.3 is 5.32 Å². The maximum Gasteiger partial charge on any atom is 0.241 e. The third kappa shape index (κ3) is 2.13. The van der Waals surface area contributed by atoms with Gasteiger partial charge in [0.05, 0.1) is 0 Å². The van der Waals surface area contributed by atoms with Crippen LogP contribution in [0, 0.1) is 0 Å². The van der Waals surface area contributed by atoms with Crippen LogP contribution in [0.2, 0.25) is 0 Å². The van der Waals surface area contributed by atoms with Gasteiger partial charge in [0.25, 0.3) is 0 Å². The molecule has 0 bridgehead atoms. The average molecular weight is 190 g/mol. The lowest BCUT2D eigenvalue weighted by Gasteiger charge is -2.29. The zero-order chi connectivity index (χ0) is 9.03. The van der Waals surface area contributed by atoms with E-state index in [-0.39, 0.29) is 5.91 Å². The summed E-state index contributed by atoms with van der Waals surface area (Å²) < 4.78 is 0. The van der Waals surface area contributed by atoms with Crippen molar-refractivity contribution in [1.82, 2.24) is 5.32 Å². The fourth-order valence-corrected chi connectivity index (χ4v) is 1.99. The Morgan fingerprint density at radius 3 is 2.50 bits per heavy atom. The van der Waals surface area contributed by atoms with Gasteiger partial charge in [-0.1, -0.05) is 19.3 Å². The summed E-state index contributed by atoms with van der Waals surface area (Å²) in [5, 5.41) is 2.78. The van der Waals surface area contributed by atoms with Crippen LogP contribution < -0.4 is 5.32 Å². The first-order valence-corrected chi connectivity index (χ1v) is 5.04. The second kappa shape index (κ2) is 4.13. The van der Waals surface area contributed by atoms with E-state index in [0.717, 1.165) is 25.7 Å². The largest absolute Gasteiger partial charge is 0.355 e. The predicted molar refractivity (Wildman–Crippen MR) is 50.4 cm³/mol. The number of alkyl halides is 1. The number of amides is 1. The molecule has 1 aliphatic carbocycles. The van der Waals surface area contributed by atoms with Crippen molar-refractivity contribution in [1.29, 1.82) is 0 Å². The minimum absolute atomic E-state index is 0.0198. The summed E-state index contributed by atoms with van der Waals surface area (Å²) in [4.78, 5) is 10.9. The number of rotatable bonds is 2. The molecule has 70 valence electrons. The van der Waals surface area contributed by atoms with E-state index in [2.05, 4.69) is 5.32 Å². The summed E-state index contributed by atoms with van der Waals surface area (Å²) in [5.74, 6) is 0.0198. The van der Waals surface area contributed by atoms with Gasteiger partial charge >= 0.3 is 0 Å². The molecule has 3 heteroatoms. The molecule has 0 aromatic rings. The first-order chi connectivity index (χ1) is 5.69. The Bertz CT molecular complexity index is 164. The van der Waals surface area contributed by atoms with E-state index in [1.807, 2.05) is 6.92 Å². The van der Waals surface area contributed by atoms with Gasteiger partial charge in [0.1, 0.15) is 4.87 Å². The molecule has 0 unspecified atom stereocenters. The van der Waals surface area contributed by atoms with Crippen molar-refractivity contribution < 1.29 is 4.79 Å². The lowest BCUT2D eigenvalue weighted by atomic mass is 9.88. The molecular weight excluding hydrogens is 174 g/mol. The van der Waals surface area contributed by atoms with Crippen molar-refractivity contribution in [2.45, 2.75) is 43.9 Å². The van der Waals surface area contributed by atoms with Crippen LogP contribution in [-0.2, 0) is 4.79 Å². The van der Waals surface area contributed by atoms with E-state index in [1.165, 1.54) is 6.42 Å². The summed E-state index contributed by atoms with van der Waals surface area (Å²) in [5.41, 5.74) is 0. The maximum absolute atomic E-state index is 11.5. The Labute approximate surface area is 78.7 Å². The third-order valence-corrected chi connectivity index (χ3v) is 2.94. The van der Waals surface area contributed by atoms with E-state index >= 15 is 0 Å². The SMILES string of the molecule is CCNC(=O)C1(Cl)CCCCC1. The molecule has 0 aliphatic heterocycles. The van der Waals surface area contributed by atoms with Crippen molar-refractivity contribution >= 4 is 17.5 Å². The number of carbonyl (C=O) groups excluding carboxylic acids is 1. The van der Waals surface area contributed by atoms with E-state index in [1.54, 1.807) is 0 Å². The summed E-state index contributed by atoms with van der Waals surface area (Å²) in [6.07, 6.45) is 5.05. The Balaban J connectivity index is 2.50.